The number of aliphatic hydroxyl groups is 1. The van der Waals surface area contributed by atoms with Gasteiger partial charge in [-0.3, -0.25) is 9.59 Å². The number of rotatable bonds is 18. The molecular formula is C28H50ClN3O5. The minimum absolute atomic E-state index is 0. The van der Waals surface area contributed by atoms with E-state index >= 15 is 0 Å². The van der Waals surface area contributed by atoms with Crippen molar-refractivity contribution in [3.63, 3.8) is 0 Å². The second-order valence-corrected chi connectivity index (χ2v) is 10.2. The number of hydrogen-bond donors (Lipinski definition) is 4. The molecule has 0 unspecified atom stereocenters. The Bertz CT molecular complexity index is 778. The first kappa shape index (κ1) is 35.1. The van der Waals surface area contributed by atoms with E-state index in [9.17, 15) is 14.7 Å². The van der Waals surface area contributed by atoms with Gasteiger partial charge in [-0.05, 0) is 49.1 Å². The Balaban J connectivity index is 0.0000130. The molecule has 1 rings (SSSR count). The van der Waals surface area contributed by atoms with Crippen LogP contribution in [0.25, 0.3) is 0 Å². The fourth-order valence-corrected chi connectivity index (χ4v) is 4.07. The van der Waals surface area contributed by atoms with Crippen LogP contribution in [0.3, 0.4) is 0 Å². The topological polar surface area (TPSA) is 123 Å². The number of halogens is 1. The van der Waals surface area contributed by atoms with Crippen LogP contribution in [0.5, 0.6) is 5.75 Å². The zero-order valence-electron chi connectivity index (χ0n) is 23.5. The van der Waals surface area contributed by atoms with Crippen molar-refractivity contribution >= 4 is 24.2 Å². The third-order valence-electron chi connectivity index (χ3n) is 6.68. The van der Waals surface area contributed by atoms with E-state index in [0.717, 1.165) is 12.8 Å². The van der Waals surface area contributed by atoms with Gasteiger partial charge in [0.2, 0.25) is 5.91 Å². The Morgan fingerprint density at radius 3 is 2.30 bits per heavy atom. The third kappa shape index (κ3) is 13.0. The van der Waals surface area contributed by atoms with Gasteiger partial charge < -0.3 is 30.9 Å². The van der Waals surface area contributed by atoms with E-state index in [0.29, 0.717) is 50.5 Å². The van der Waals surface area contributed by atoms with Gasteiger partial charge in [-0.1, -0.05) is 53.2 Å². The monoisotopic (exact) mass is 543 g/mol. The summed E-state index contributed by atoms with van der Waals surface area (Å²) in [4.78, 5) is 25.5. The number of nitrogens with one attached hydrogen (secondary N) is 2. The number of ether oxygens (including phenoxy) is 2. The number of aliphatic hydroxyl groups excluding tert-OH is 1. The lowest BCUT2D eigenvalue weighted by atomic mass is 9.83. The van der Waals surface area contributed by atoms with Gasteiger partial charge in [-0.2, -0.15) is 0 Å². The van der Waals surface area contributed by atoms with Gasteiger partial charge in [-0.15, -0.1) is 12.4 Å². The molecule has 0 radical (unpaired) electrons. The smallest absolute Gasteiger partial charge is 0.255 e. The van der Waals surface area contributed by atoms with Crippen LogP contribution in [0.2, 0.25) is 0 Å². The molecular weight excluding hydrogens is 494 g/mol. The van der Waals surface area contributed by atoms with E-state index in [1.165, 1.54) is 0 Å². The van der Waals surface area contributed by atoms with E-state index in [2.05, 4.69) is 31.4 Å². The quantitative estimate of drug-likeness (QED) is 0.209. The molecule has 2 amide bonds. The average molecular weight is 544 g/mol. The van der Waals surface area contributed by atoms with Crippen LogP contribution in [0, 0.1) is 23.7 Å². The average Bonchev–Trinajstić information content (AvgIpc) is 2.84. The minimum atomic E-state index is -0.804. The van der Waals surface area contributed by atoms with Crippen LogP contribution >= 0.6 is 12.4 Å². The maximum atomic E-state index is 12.9. The first-order chi connectivity index (χ1) is 17.1. The highest BCUT2D eigenvalue weighted by molar-refractivity contribution is 5.96. The van der Waals surface area contributed by atoms with Gasteiger partial charge in [0.1, 0.15) is 12.4 Å². The van der Waals surface area contributed by atoms with Crippen LogP contribution in [-0.4, -0.2) is 62.5 Å². The van der Waals surface area contributed by atoms with E-state index in [1.54, 1.807) is 25.3 Å². The Morgan fingerprint density at radius 2 is 1.70 bits per heavy atom. The summed E-state index contributed by atoms with van der Waals surface area (Å²) in [6, 6.07) is 6.62. The molecule has 0 aliphatic carbocycles. The normalized spacial score (nSPS) is 14.4. The number of benzene rings is 1. The molecule has 0 fully saturated rings. The fourth-order valence-electron chi connectivity index (χ4n) is 4.07. The van der Waals surface area contributed by atoms with Gasteiger partial charge >= 0.3 is 0 Å². The number of para-hydroxylation sites is 1. The highest BCUT2D eigenvalue weighted by Crippen LogP contribution is 2.24. The van der Waals surface area contributed by atoms with Crippen LogP contribution < -0.4 is 21.1 Å². The van der Waals surface area contributed by atoms with E-state index in [-0.39, 0.29) is 47.9 Å². The number of carbonyl (C=O) groups excluding carboxylic acids is 2. The standard InChI is InChI=1S/C28H49N3O5.ClH/c1-7-8-13-30-28(34)23(20(4)5)17-25(32)24(29)16-21(19(2)3)18-31-27(33)22-11-9-10-12-26(22)36-15-14-35-6;/h9-12,19-21,23-25,32H,7-8,13-18,29H2,1-6H3,(H,30,34)(H,31,33);1H/t21-,23+,24+,25+;/m1./s1. The van der Waals surface area contributed by atoms with Gasteiger partial charge in [0.05, 0.1) is 18.3 Å². The maximum absolute atomic E-state index is 12.9. The summed E-state index contributed by atoms with van der Waals surface area (Å²) in [5.41, 5.74) is 6.88. The van der Waals surface area contributed by atoms with Crippen molar-refractivity contribution in [3.8, 4) is 5.75 Å². The summed E-state index contributed by atoms with van der Waals surface area (Å²) in [5, 5.41) is 16.9. The predicted octanol–water partition coefficient (Wildman–Crippen LogP) is 3.79. The SMILES string of the molecule is CCCCNC(=O)[C@@H](C[C@H](O)[C@@H](N)C[C@H](CNC(=O)c1ccccc1OCCOC)C(C)C)C(C)C.Cl. The predicted molar refractivity (Wildman–Crippen MR) is 151 cm³/mol. The molecule has 0 spiro atoms. The summed E-state index contributed by atoms with van der Waals surface area (Å²) in [5.74, 6) is 0.382. The molecule has 1 aromatic rings. The van der Waals surface area contributed by atoms with Crippen molar-refractivity contribution in [2.75, 3.05) is 33.4 Å². The Kier molecular flexibility index (Phi) is 18.3. The van der Waals surface area contributed by atoms with Crippen LogP contribution in [0.15, 0.2) is 24.3 Å². The summed E-state index contributed by atoms with van der Waals surface area (Å²) < 4.78 is 10.7. The molecule has 0 aromatic heterocycles. The second kappa shape index (κ2) is 19.2. The number of carbonyl (C=O) groups is 2. The number of unbranched alkanes of at least 4 members (excludes halogenated alkanes) is 1. The second-order valence-electron chi connectivity index (χ2n) is 10.2. The number of hydrogen-bond acceptors (Lipinski definition) is 6. The van der Waals surface area contributed by atoms with Gasteiger partial charge in [0.25, 0.3) is 5.91 Å². The first-order valence-corrected chi connectivity index (χ1v) is 13.3. The van der Waals surface area contributed by atoms with E-state index in [4.69, 9.17) is 15.2 Å². The van der Waals surface area contributed by atoms with Gasteiger partial charge in [0, 0.05) is 32.2 Å². The number of nitrogens with two attached hydrogens (primary N) is 1. The van der Waals surface area contributed by atoms with E-state index < -0.39 is 12.1 Å². The summed E-state index contributed by atoms with van der Waals surface area (Å²) in [6.45, 7) is 12.1. The fraction of sp³-hybridized carbons (Fsp3) is 0.714. The van der Waals surface area contributed by atoms with Crippen molar-refractivity contribution in [2.24, 2.45) is 29.4 Å². The van der Waals surface area contributed by atoms with Gasteiger partial charge in [0.15, 0.2) is 0 Å². The van der Waals surface area contributed by atoms with Crippen molar-refractivity contribution in [2.45, 2.75) is 72.4 Å². The molecule has 0 bridgehead atoms. The Hall–Kier alpha value is -1.87. The summed E-state index contributed by atoms with van der Waals surface area (Å²) in [7, 11) is 1.60. The number of amides is 2. The third-order valence-corrected chi connectivity index (χ3v) is 6.68. The zero-order valence-corrected chi connectivity index (χ0v) is 24.3. The Labute approximate surface area is 229 Å². The van der Waals surface area contributed by atoms with Crippen molar-refractivity contribution in [1.29, 1.82) is 0 Å². The lowest BCUT2D eigenvalue weighted by Gasteiger charge is -2.30. The highest BCUT2D eigenvalue weighted by Gasteiger charge is 2.29. The zero-order chi connectivity index (χ0) is 27.1. The highest BCUT2D eigenvalue weighted by atomic mass is 35.5. The molecule has 0 saturated heterocycles. The summed E-state index contributed by atoms with van der Waals surface area (Å²) >= 11 is 0. The van der Waals surface area contributed by atoms with Crippen molar-refractivity contribution in [1.82, 2.24) is 10.6 Å². The summed E-state index contributed by atoms with van der Waals surface area (Å²) in [6.07, 6.45) is 2.00. The Morgan fingerprint density at radius 1 is 1.03 bits per heavy atom. The van der Waals surface area contributed by atoms with Crippen molar-refractivity contribution in [3.05, 3.63) is 29.8 Å². The molecule has 4 atom stereocenters. The minimum Gasteiger partial charge on any atom is -0.490 e. The molecule has 9 heteroatoms. The van der Waals surface area contributed by atoms with Crippen LogP contribution in [-0.2, 0) is 9.53 Å². The number of methoxy groups -OCH3 is 1. The van der Waals surface area contributed by atoms with Crippen LogP contribution in [0.1, 0.15) is 70.7 Å². The van der Waals surface area contributed by atoms with Crippen LogP contribution in [0.4, 0.5) is 0 Å². The maximum Gasteiger partial charge on any atom is 0.255 e. The molecule has 214 valence electrons. The molecule has 5 N–H and O–H groups in total. The lowest BCUT2D eigenvalue weighted by molar-refractivity contribution is -0.127. The molecule has 0 aliphatic rings. The molecule has 37 heavy (non-hydrogen) atoms. The lowest BCUT2D eigenvalue weighted by Crippen LogP contribution is -2.44. The largest absolute Gasteiger partial charge is 0.490 e. The first-order valence-electron chi connectivity index (χ1n) is 13.3. The molecule has 0 saturated carbocycles. The molecule has 0 aliphatic heterocycles. The van der Waals surface area contributed by atoms with Crippen molar-refractivity contribution < 1.29 is 24.2 Å². The molecule has 1 aromatic carbocycles. The molecule has 0 heterocycles. The van der Waals surface area contributed by atoms with Gasteiger partial charge in [-0.25, -0.2) is 0 Å². The van der Waals surface area contributed by atoms with E-state index in [1.807, 2.05) is 19.9 Å². The molecule has 8 nitrogen and oxygen atoms in total.